The summed E-state index contributed by atoms with van der Waals surface area (Å²) in [5, 5.41) is 10.4. The van der Waals surface area contributed by atoms with E-state index in [4.69, 9.17) is 0 Å². The van der Waals surface area contributed by atoms with E-state index in [-0.39, 0.29) is 11.4 Å². The van der Waals surface area contributed by atoms with Crippen LogP contribution in [0, 0.1) is 0 Å². The van der Waals surface area contributed by atoms with Gasteiger partial charge >= 0.3 is 0 Å². The Morgan fingerprint density at radius 3 is 2.77 bits per heavy atom. The van der Waals surface area contributed by atoms with Crippen molar-refractivity contribution >= 4 is 60.9 Å². The van der Waals surface area contributed by atoms with Gasteiger partial charge in [0.15, 0.2) is 0 Å². The zero-order valence-electron chi connectivity index (χ0n) is 12.3. The first-order valence-electron chi connectivity index (χ1n) is 6.78. The van der Waals surface area contributed by atoms with E-state index < -0.39 is 0 Å². The first-order valence-corrected chi connectivity index (χ1v) is 10.2. The minimum atomic E-state index is -0.272. The van der Waals surface area contributed by atoms with E-state index in [1.807, 2.05) is 32.5 Å². The second-order valence-electron chi connectivity index (χ2n) is 6.08. The van der Waals surface area contributed by atoms with E-state index in [1.165, 1.54) is 4.21 Å². The first kappa shape index (κ1) is 16.5. The molecule has 1 aliphatic heterocycles. The van der Waals surface area contributed by atoms with Crippen LogP contribution in [0.25, 0.3) is 11.3 Å². The average Bonchev–Trinajstić information content (AvgIpc) is 2.85. The highest BCUT2D eigenvalue weighted by molar-refractivity contribution is 9.13. The lowest BCUT2D eigenvalue weighted by atomic mass is 10.0. The maximum Gasteiger partial charge on any atom is 0.269 e. The van der Waals surface area contributed by atoms with Crippen molar-refractivity contribution in [2.75, 3.05) is 5.75 Å². The van der Waals surface area contributed by atoms with E-state index in [2.05, 4.69) is 47.4 Å². The van der Waals surface area contributed by atoms with Crippen molar-refractivity contribution in [3.63, 3.8) is 0 Å². The summed E-state index contributed by atoms with van der Waals surface area (Å²) < 4.78 is 3.30. The standard InChI is InChI=1S/C14H15Br2N3OS2/c1-14(2,3)17-12(20)10-6-4-5-21-13-7(9(6)18-19-10)8(15)11(16)22-13/h4-5H2,1-3H3,(H,17,20)(H,18,19). The van der Waals surface area contributed by atoms with Gasteiger partial charge in [0.05, 0.1) is 18.2 Å². The Bertz CT molecular complexity index is 746. The fourth-order valence-corrected chi connectivity index (χ4v) is 6.44. The molecular formula is C14H15Br2N3OS2. The highest BCUT2D eigenvalue weighted by atomic mass is 79.9. The van der Waals surface area contributed by atoms with Gasteiger partial charge in [0.1, 0.15) is 5.69 Å². The molecule has 0 saturated carbocycles. The number of aromatic amines is 1. The molecule has 2 N–H and O–H groups in total. The van der Waals surface area contributed by atoms with Gasteiger partial charge in [-0.05, 0) is 59.1 Å². The molecule has 0 atom stereocenters. The predicted octanol–water partition coefficient (Wildman–Crippen LogP) is 4.84. The highest BCUT2D eigenvalue weighted by Crippen LogP contribution is 2.50. The Kier molecular flexibility index (Phi) is 4.48. The molecular weight excluding hydrogens is 450 g/mol. The molecule has 1 aliphatic rings. The lowest BCUT2D eigenvalue weighted by Crippen LogP contribution is -2.41. The number of halogens is 2. The molecule has 118 valence electrons. The lowest BCUT2D eigenvalue weighted by Gasteiger charge is -2.20. The molecule has 3 rings (SSSR count). The molecule has 2 aromatic rings. The van der Waals surface area contributed by atoms with E-state index in [1.54, 1.807) is 11.3 Å². The number of rotatable bonds is 1. The predicted molar refractivity (Wildman–Crippen MR) is 98.9 cm³/mol. The van der Waals surface area contributed by atoms with Gasteiger partial charge in [0.25, 0.3) is 5.91 Å². The molecule has 2 aromatic heterocycles. The minimum Gasteiger partial charge on any atom is -0.346 e. The van der Waals surface area contributed by atoms with E-state index in [9.17, 15) is 4.79 Å². The van der Waals surface area contributed by atoms with Crippen LogP contribution in [0.4, 0.5) is 0 Å². The Balaban J connectivity index is 2.07. The number of fused-ring (bicyclic) bond motifs is 3. The first-order chi connectivity index (χ1) is 10.3. The van der Waals surface area contributed by atoms with Gasteiger partial charge in [0, 0.05) is 22.4 Å². The van der Waals surface area contributed by atoms with Crippen molar-refractivity contribution in [1.82, 2.24) is 15.5 Å². The maximum absolute atomic E-state index is 12.5. The molecule has 22 heavy (non-hydrogen) atoms. The molecule has 3 heterocycles. The fourth-order valence-electron chi connectivity index (χ4n) is 2.32. The lowest BCUT2D eigenvalue weighted by molar-refractivity contribution is 0.0913. The fraction of sp³-hybridized carbons (Fsp3) is 0.429. The summed E-state index contributed by atoms with van der Waals surface area (Å²) in [7, 11) is 0. The topological polar surface area (TPSA) is 57.8 Å². The van der Waals surface area contributed by atoms with Crippen molar-refractivity contribution in [2.24, 2.45) is 0 Å². The summed E-state index contributed by atoms with van der Waals surface area (Å²) in [6.45, 7) is 5.92. The average molecular weight is 465 g/mol. The Labute approximate surface area is 154 Å². The van der Waals surface area contributed by atoms with Crippen LogP contribution in [-0.4, -0.2) is 27.4 Å². The molecule has 0 aromatic carbocycles. The van der Waals surface area contributed by atoms with Crippen LogP contribution in [0.5, 0.6) is 0 Å². The summed E-state index contributed by atoms with van der Waals surface area (Å²) in [5.41, 5.74) is 3.27. The molecule has 0 unspecified atom stereocenters. The number of aromatic nitrogens is 2. The Morgan fingerprint density at radius 1 is 1.36 bits per heavy atom. The normalized spacial score (nSPS) is 14.2. The number of nitrogens with zero attached hydrogens (tertiary/aromatic N) is 1. The van der Waals surface area contributed by atoms with Crippen LogP contribution >= 0.6 is 55.0 Å². The van der Waals surface area contributed by atoms with Gasteiger partial charge in [-0.3, -0.25) is 9.89 Å². The number of carbonyl (C=O) groups is 1. The number of thioether (sulfide) groups is 1. The molecule has 0 fully saturated rings. The summed E-state index contributed by atoms with van der Waals surface area (Å²) in [6.07, 6.45) is 0.828. The van der Waals surface area contributed by atoms with Crippen molar-refractivity contribution in [1.29, 1.82) is 0 Å². The third-order valence-electron chi connectivity index (χ3n) is 3.18. The largest absolute Gasteiger partial charge is 0.346 e. The number of hydrogen-bond acceptors (Lipinski definition) is 4. The van der Waals surface area contributed by atoms with Gasteiger partial charge in [-0.1, -0.05) is 0 Å². The quantitative estimate of drug-likeness (QED) is 0.634. The number of carbonyl (C=O) groups excluding carboxylic acids is 1. The maximum atomic E-state index is 12.5. The SMILES string of the molecule is CC(C)(C)NC(=O)c1[nH]nc2c1CCSc1sc(Br)c(Br)c1-2. The third kappa shape index (κ3) is 3.02. The summed E-state index contributed by atoms with van der Waals surface area (Å²) >= 11 is 10.7. The number of hydrogen-bond donors (Lipinski definition) is 2. The van der Waals surface area contributed by atoms with E-state index >= 15 is 0 Å². The van der Waals surface area contributed by atoms with Crippen LogP contribution in [0.1, 0.15) is 36.8 Å². The molecule has 8 heteroatoms. The Hall–Kier alpha value is -0.310. The van der Waals surface area contributed by atoms with Crippen LogP contribution in [-0.2, 0) is 6.42 Å². The molecule has 0 spiro atoms. The van der Waals surface area contributed by atoms with Crippen LogP contribution < -0.4 is 5.32 Å². The third-order valence-corrected chi connectivity index (χ3v) is 7.90. The minimum absolute atomic E-state index is 0.0971. The highest BCUT2D eigenvalue weighted by Gasteiger charge is 2.29. The van der Waals surface area contributed by atoms with Gasteiger partial charge in [0.2, 0.25) is 0 Å². The van der Waals surface area contributed by atoms with Crippen LogP contribution in [0.3, 0.4) is 0 Å². The monoisotopic (exact) mass is 463 g/mol. The van der Waals surface area contributed by atoms with Crippen molar-refractivity contribution in [3.8, 4) is 11.3 Å². The molecule has 0 saturated heterocycles. The molecule has 4 nitrogen and oxygen atoms in total. The molecule has 0 radical (unpaired) electrons. The second kappa shape index (κ2) is 5.96. The molecule has 0 bridgehead atoms. The van der Waals surface area contributed by atoms with Crippen molar-refractivity contribution < 1.29 is 4.79 Å². The van der Waals surface area contributed by atoms with Crippen molar-refractivity contribution in [2.45, 2.75) is 36.9 Å². The zero-order chi connectivity index (χ0) is 16.1. The van der Waals surface area contributed by atoms with Gasteiger partial charge in [-0.2, -0.15) is 5.10 Å². The molecule has 1 amide bonds. The summed E-state index contributed by atoms with van der Waals surface area (Å²) in [5.74, 6) is 0.842. The van der Waals surface area contributed by atoms with Crippen LogP contribution in [0.2, 0.25) is 0 Å². The number of nitrogens with one attached hydrogen (secondary N) is 2. The van der Waals surface area contributed by atoms with E-state index in [0.29, 0.717) is 5.69 Å². The van der Waals surface area contributed by atoms with Gasteiger partial charge < -0.3 is 5.32 Å². The van der Waals surface area contributed by atoms with Gasteiger partial charge in [-0.15, -0.1) is 23.1 Å². The smallest absolute Gasteiger partial charge is 0.269 e. The van der Waals surface area contributed by atoms with Crippen LogP contribution in [0.15, 0.2) is 12.5 Å². The molecule has 0 aliphatic carbocycles. The second-order valence-corrected chi connectivity index (χ2v) is 10.6. The summed E-state index contributed by atoms with van der Waals surface area (Å²) in [6, 6.07) is 0. The van der Waals surface area contributed by atoms with Gasteiger partial charge in [-0.25, -0.2) is 0 Å². The van der Waals surface area contributed by atoms with Crippen molar-refractivity contribution in [3.05, 3.63) is 19.5 Å². The Morgan fingerprint density at radius 2 is 2.09 bits per heavy atom. The zero-order valence-corrected chi connectivity index (χ0v) is 17.1. The number of H-pyrrole nitrogens is 1. The number of thiophene rings is 1. The summed E-state index contributed by atoms with van der Waals surface area (Å²) in [4.78, 5) is 12.5. The number of amides is 1. The van der Waals surface area contributed by atoms with E-state index in [0.717, 1.165) is 37.3 Å².